The standard InChI is InChI=1S/C14H30N2O/c1-4-13-7-6-9-16(10-8-13)14(12-17-3)11-15-5-2/h13-15H,4-12H2,1-3H3. The number of methoxy groups -OCH3 is 1. The van der Waals surface area contributed by atoms with E-state index < -0.39 is 0 Å². The minimum atomic E-state index is 0.551. The number of hydrogen-bond acceptors (Lipinski definition) is 3. The van der Waals surface area contributed by atoms with E-state index in [1.54, 1.807) is 0 Å². The average molecular weight is 242 g/mol. The van der Waals surface area contributed by atoms with E-state index in [-0.39, 0.29) is 0 Å². The topological polar surface area (TPSA) is 24.5 Å². The van der Waals surface area contributed by atoms with E-state index >= 15 is 0 Å². The second-order valence-electron chi connectivity index (χ2n) is 5.16. The lowest BCUT2D eigenvalue weighted by Crippen LogP contribution is -2.45. The van der Waals surface area contributed by atoms with Gasteiger partial charge in [-0.05, 0) is 44.8 Å². The molecule has 1 heterocycles. The van der Waals surface area contributed by atoms with Crippen LogP contribution in [0.2, 0.25) is 0 Å². The molecule has 1 N–H and O–H groups in total. The number of rotatable bonds is 7. The van der Waals surface area contributed by atoms with E-state index in [0.29, 0.717) is 6.04 Å². The fourth-order valence-corrected chi connectivity index (χ4v) is 2.76. The highest BCUT2D eigenvalue weighted by Gasteiger charge is 2.22. The fourth-order valence-electron chi connectivity index (χ4n) is 2.76. The van der Waals surface area contributed by atoms with Crippen molar-refractivity contribution in [2.24, 2.45) is 5.92 Å². The summed E-state index contributed by atoms with van der Waals surface area (Å²) in [5, 5.41) is 3.45. The minimum absolute atomic E-state index is 0.551. The van der Waals surface area contributed by atoms with Crippen LogP contribution in [0.3, 0.4) is 0 Å². The van der Waals surface area contributed by atoms with Gasteiger partial charge in [0.05, 0.1) is 6.61 Å². The van der Waals surface area contributed by atoms with Crippen molar-refractivity contribution in [2.45, 2.75) is 45.6 Å². The van der Waals surface area contributed by atoms with Gasteiger partial charge in [0.15, 0.2) is 0 Å². The molecule has 0 aromatic heterocycles. The molecule has 3 heteroatoms. The summed E-state index contributed by atoms with van der Waals surface area (Å²) in [5.74, 6) is 0.947. The van der Waals surface area contributed by atoms with Crippen LogP contribution in [0.4, 0.5) is 0 Å². The fraction of sp³-hybridized carbons (Fsp3) is 1.00. The van der Waals surface area contributed by atoms with Gasteiger partial charge in [-0.1, -0.05) is 20.3 Å². The van der Waals surface area contributed by atoms with Crippen molar-refractivity contribution in [2.75, 3.05) is 39.9 Å². The molecule has 2 atom stereocenters. The van der Waals surface area contributed by atoms with E-state index in [0.717, 1.165) is 25.6 Å². The monoisotopic (exact) mass is 242 g/mol. The van der Waals surface area contributed by atoms with E-state index in [1.807, 2.05) is 7.11 Å². The third kappa shape index (κ3) is 5.36. The summed E-state index contributed by atoms with van der Waals surface area (Å²) < 4.78 is 5.37. The smallest absolute Gasteiger partial charge is 0.0630 e. The number of likely N-dealkylation sites (tertiary alicyclic amines) is 1. The molecular formula is C14H30N2O. The van der Waals surface area contributed by atoms with Crippen molar-refractivity contribution in [3.05, 3.63) is 0 Å². The summed E-state index contributed by atoms with van der Waals surface area (Å²) in [6.07, 6.45) is 5.47. The predicted molar refractivity (Wildman–Crippen MR) is 73.4 cm³/mol. The van der Waals surface area contributed by atoms with Crippen LogP contribution in [0.1, 0.15) is 39.5 Å². The Morgan fingerprint density at radius 2 is 2.12 bits per heavy atom. The van der Waals surface area contributed by atoms with Crippen LogP contribution in [0.25, 0.3) is 0 Å². The van der Waals surface area contributed by atoms with Crippen LogP contribution >= 0.6 is 0 Å². The molecule has 0 aromatic rings. The van der Waals surface area contributed by atoms with Crippen molar-refractivity contribution < 1.29 is 4.74 Å². The lowest BCUT2D eigenvalue weighted by atomic mass is 9.98. The molecule has 1 saturated heterocycles. The molecule has 2 unspecified atom stereocenters. The molecule has 0 aromatic carbocycles. The Morgan fingerprint density at radius 3 is 2.76 bits per heavy atom. The van der Waals surface area contributed by atoms with Gasteiger partial charge in [-0.15, -0.1) is 0 Å². The highest BCUT2D eigenvalue weighted by atomic mass is 16.5. The summed E-state index contributed by atoms with van der Waals surface area (Å²) in [7, 11) is 1.81. The predicted octanol–water partition coefficient (Wildman–Crippen LogP) is 2.12. The number of nitrogens with one attached hydrogen (secondary N) is 1. The largest absolute Gasteiger partial charge is 0.383 e. The molecule has 17 heavy (non-hydrogen) atoms. The normalized spacial score (nSPS) is 24.5. The zero-order chi connectivity index (χ0) is 12.5. The van der Waals surface area contributed by atoms with Crippen molar-refractivity contribution in [1.29, 1.82) is 0 Å². The Balaban J connectivity index is 2.42. The van der Waals surface area contributed by atoms with E-state index in [9.17, 15) is 0 Å². The first kappa shape index (κ1) is 14.9. The van der Waals surface area contributed by atoms with Crippen LogP contribution in [-0.4, -0.2) is 50.8 Å². The van der Waals surface area contributed by atoms with Crippen LogP contribution in [0.5, 0.6) is 0 Å². The SMILES string of the molecule is CCNCC(COC)N1CCCC(CC)CC1. The van der Waals surface area contributed by atoms with Gasteiger partial charge >= 0.3 is 0 Å². The molecule has 0 amide bonds. The van der Waals surface area contributed by atoms with E-state index in [1.165, 1.54) is 38.8 Å². The van der Waals surface area contributed by atoms with Crippen molar-refractivity contribution in [3.63, 3.8) is 0 Å². The third-order valence-electron chi connectivity index (χ3n) is 3.97. The number of nitrogens with zero attached hydrogens (tertiary/aromatic N) is 1. The van der Waals surface area contributed by atoms with Gasteiger partial charge in [0.1, 0.15) is 0 Å². The second kappa shape index (κ2) is 8.90. The van der Waals surface area contributed by atoms with Gasteiger partial charge in [0.2, 0.25) is 0 Å². The first-order valence-corrected chi connectivity index (χ1v) is 7.25. The number of likely N-dealkylation sites (N-methyl/N-ethyl adjacent to an activating group) is 1. The lowest BCUT2D eigenvalue weighted by molar-refractivity contribution is 0.0908. The maximum Gasteiger partial charge on any atom is 0.0630 e. The van der Waals surface area contributed by atoms with Crippen LogP contribution in [0.15, 0.2) is 0 Å². The first-order valence-electron chi connectivity index (χ1n) is 7.25. The summed E-state index contributed by atoms with van der Waals surface area (Å²) in [6, 6.07) is 0.551. The molecule has 0 aliphatic carbocycles. The highest BCUT2D eigenvalue weighted by Crippen LogP contribution is 2.21. The molecule has 0 bridgehead atoms. The lowest BCUT2D eigenvalue weighted by Gasteiger charge is -2.30. The molecule has 1 aliphatic rings. The first-order chi connectivity index (χ1) is 8.31. The molecule has 102 valence electrons. The quantitative estimate of drug-likeness (QED) is 0.740. The molecule has 0 spiro atoms. The summed E-state index contributed by atoms with van der Waals surface area (Å²) >= 11 is 0. The van der Waals surface area contributed by atoms with Gasteiger partial charge in [-0.2, -0.15) is 0 Å². The van der Waals surface area contributed by atoms with E-state index in [2.05, 4.69) is 24.1 Å². The maximum absolute atomic E-state index is 5.37. The van der Waals surface area contributed by atoms with Crippen LogP contribution in [-0.2, 0) is 4.74 Å². The molecule has 1 fully saturated rings. The Bertz CT molecular complexity index is 187. The Morgan fingerprint density at radius 1 is 1.29 bits per heavy atom. The third-order valence-corrected chi connectivity index (χ3v) is 3.97. The van der Waals surface area contributed by atoms with Gasteiger partial charge in [0.25, 0.3) is 0 Å². The van der Waals surface area contributed by atoms with Crippen molar-refractivity contribution >= 4 is 0 Å². The molecule has 0 saturated carbocycles. The van der Waals surface area contributed by atoms with Crippen molar-refractivity contribution in [1.82, 2.24) is 10.2 Å². The van der Waals surface area contributed by atoms with Gasteiger partial charge in [-0.3, -0.25) is 4.90 Å². The van der Waals surface area contributed by atoms with Crippen molar-refractivity contribution in [3.8, 4) is 0 Å². The number of hydrogen-bond donors (Lipinski definition) is 1. The molecular weight excluding hydrogens is 212 g/mol. The highest BCUT2D eigenvalue weighted by molar-refractivity contribution is 4.77. The zero-order valence-corrected chi connectivity index (χ0v) is 11.9. The average Bonchev–Trinajstić information content (AvgIpc) is 2.59. The Hall–Kier alpha value is -0.120. The molecule has 3 nitrogen and oxygen atoms in total. The number of ether oxygens (including phenoxy) is 1. The molecule has 0 radical (unpaired) electrons. The zero-order valence-electron chi connectivity index (χ0n) is 11.9. The molecule has 1 aliphatic heterocycles. The summed E-state index contributed by atoms with van der Waals surface area (Å²) in [4.78, 5) is 2.63. The molecule has 1 rings (SSSR count). The van der Waals surface area contributed by atoms with Gasteiger partial charge in [0, 0.05) is 19.7 Å². The minimum Gasteiger partial charge on any atom is -0.383 e. The second-order valence-corrected chi connectivity index (χ2v) is 5.16. The summed E-state index contributed by atoms with van der Waals surface area (Å²) in [5.41, 5.74) is 0. The Labute approximate surface area is 107 Å². The van der Waals surface area contributed by atoms with Gasteiger partial charge < -0.3 is 10.1 Å². The van der Waals surface area contributed by atoms with Crippen LogP contribution in [0, 0.1) is 5.92 Å². The van der Waals surface area contributed by atoms with Gasteiger partial charge in [-0.25, -0.2) is 0 Å². The maximum atomic E-state index is 5.37. The van der Waals surface area contributed by atoms with Crippen LogP contribution < -0.4 is 5.32 Å². The van der Waals surface area contributed by atoms with E-state index in [4.69, 9.17) is 4.74 Å². The summed E-state index contributed by atoms with van der Waals surface area (Å²) in [6.45, 7) is 9.94. The Kier molecular flexibility index (Phi) is 7.82.